The highest BCUT2D eigenvalue weighted by Crippen LogP contribution is 2.39. The zero-order valence-corrected chi connectivity index (χ0v) is 12.6. The van der Waals surface area contributed by atoms with Gasteiger partial charge in [-0.1, -0.05) is 12.1 Å². The summed E-state index contributed by atoms with van der Waals surface area (Å²) < 4.78 is 12.1. The second-order valence-corrected chi connectivity index (χ2v) is 6.63. The van der Waals surface area contributed by atoms with E-state index in [-0.39, 0.29) is 23.3 Å². The van der Waals surface area contributed by atoms with Gasteiger partial charge in [0.2, 0.25) is 0 Å². The van der Waals surface area contributed by atoms with Gasteiger partial charge in [-0.15, -0.1) is 0 Å². The average Bonchev–Trinajstić information content (AvgIpc) is 2.47. The maximum atomic E-state index is 6.10. The lowest BCUT2D eigenvalue weighted by Crippen LogP contribution is -2.36. The number of ether oxygens (including phenoxy) is 2. The summed E-state index contributed by atoms with van der Waals surface area (Å²) in [5.74, 6) is 0.878. The predicted octanol–water partition coefficient (Wildman–Crippen LogP) is 3.43. The lowest BCUT2D eigenvalue weighted by Gasteiger charge is -2.27. The van der Waals surface area contributed by atoms with Crippen molar-refractivity contribution in [2.75, 3.05) is 0 Å². The molecule has 3 nitrogen and oxygen atoms in total. The molecule has 1 aromatic carbocycles. The highest BCUT2D eigenvalue weighted by molar-refractivity contribution is 5.29. The molecule has 0 aliphatic carbocycles. The molecular formula is C16H25NO2. The summed E-state index contributed by atoms with van der Waals surface area (Å²) >= 11 is 0. The minimum absolute atomic E-state index is 0.0549. The summed E-state index contributed by atoms with van der Waals surface area (Å²) in [6, 6.07) is 8.07. The monoisotopic (exact) mass is 263 g/mol. The minimum Gasteiger partial charge on any atom is -0.487 e. The maximum absolute atomic E-state index is 6.10. The molecule has 0 saturated carbocycles. The molecule has 3 heteroatoms. The Morgan fingerprint density at radius 3 is 2.21 bits per heavy atom. The molecule has 2 N–H and O–H groups in total. The molecule has 0 bridgehead atoms. The molecular weight excluding hydrogens is 238 g/mol. The lowest BCUT2D eigenvalue weighted by atomic mass is 9.97. The summed E-state index contributed by atoms with van der Waals surface area (Å²) in [4.78, 5) is 0. The molecule has 1 aromatic rings. The van der Waals surface area contributed by atoms with Gasteiger partial charge in [-0.25, -0.2) is 0 Å². The van der Waals surface area contributed by atoms with E-state index >= 15 is 0 Å². The van der Waals surface area contributed by atoms with Crippen molar-refractivity contribution >= 4 is 0 Å². The Balaban J connectivity index is 2.09. The zero-order valence-electron chi connectivity index (χ0n) is 12.6. The average molecular weight is 263 g/mol. The SMILES string of the molecule is CC(N)c1ccc(OC2CC(C)(C)OC2(C)C)cc1. The number of nitrogens with two attached hydrogens (primary N) is 1. The van der Waals surface area contributed by atoms with Gasteiger partial charge in [0, 0.05) is 12.5 Å². The van der Waals surface area contributed by atoms with E-state index in [4.69, 9.17) is 15.2 Å². The molecule has 1 aliphatic heterocycles. The van der Waals surface area contributed by atoms with E-state index in [0.29, 0.717) is 0 Å². The Labute approximate surface area is 116 Å². The zero-order chi connectivity index (χ0) is 14.3. The van der Waals surface area contributed by atoms with Gasteiger partial charge < -0.3 is 15.2 Å². The standard InChI is InChI=1S/C16H25NO2/c1-11(17)12-6-8-13(9-7-12)18-14-10-15(2,3)19-16(14,4)5/h6-9,11,14H,10,17H2,1-5H3. The molecule has 0 spiro atoms. The lowest BCUT2D eigenvalue weighted by molar-refractivity contribution is -0.0846. The molecule has 1 aliphatic rings. The second-order valence-electron chi connectivity index (χ2n) is 6.63. The Morgan fingerprint density at radius 2 is 1.79 bits per heavy atom. The van der Waals surface area contributed by atoms with Gasteiger partial charge in [0.1, 0.15) is 17.5 Å². The van der Waals surface area contributed by atoms with Crippen LogP contribution in [-0.2, 0) is 4.74 Å². The summed E-state index contributed by atoms with van der Waals surface area (Å²) in [7, 11) is 0. The molecule has 0 aromatic heterocycles. The van der Waals surface area contributed by atoms with Crippen molar-refractivity contribution < 1.29 is 9.47 Å². The predicted molar refractivity (Wildman–Crippen MR) is 77.3 cm³/mol. The summed E-state index contributed by atoms with van der Waals surface area (Å²) in [6.07, 6.45) is 0.971. The molecule has 1 fully saturated rings. The Morgan fingerprint density at radius 1 is 1.21 bits per heavy atom. The van der Waals surface area contributed by atoms with Crippen LogP contribution in [0.15, 0.2) is 24.3 Å². The van der Waals surface area contributed by atoms with Crippen molar-refractivity contribution in [3.8, 4) is 5.75 Å². The van der Waals surface area contributed by atoms with Crippen molar-refractivity contribution in [2.24, 2.45) is 5.73 Å². The third kappa shape index (κ3) is 3.28. The third-order valence-corrected chi connectivity index (χ3v) is 3.68. The molecule has 2 atom stereocenters. The number of rotatable bonds is 3. The van der Waals surface area contributed by atoms with Crippen LogP contribution in [0.25, 0.3) is 0 Å². The quantitative estimate of drug-likeness (QED) is 0.908. The highest BCUT2D eigenvalue weighted by atomic mass is 16.6. The van der Waals surface area contributed by atoms with Crippen LogP contribution in [-0.4, -0.2) is 17.3 Å². The van der Waals surface area contributed by atoms with E-state index in [1.807, 2.05) is 31.2 Å². The van der Waals surface area contributed by atoms with Crippen LogP contribution in [0.1, 0.15) is 52.6 Å². The Kier molecular flexibility index (Phi) is 3.63. The molecule has 1 saturated heterocycles. The highest BCUT2D eigenvalue weighted by Gasteiger charge is 2.47. The molecule has 106 valence electrons. The molecule has 2 rings (SSSR count). The van der Waals surface area contributed by atoms with Crippen molar-refractivity contribution in [1.29, 1.82) is 0 Å². The second kappa shape index (κ2) is 4.80. The van der Waals surface area contributed by atoms with E-state index in [2.05, 4.69) is 27.7 Å². The fourth-order valence-electron chi connectivity index (χ4n) is 2.71. The van der Waals surface area contributed by atoms with Gasteiger partial charge in [0.15, 0.2) is 0 Å². The molecule has 2 unspecified atom stereocenters. The van der Waals surface area contributed by atoms with Crippen molar-refractivity contribution in [3.05, 3.63) is 29.8 Å². The van der Waals surface area contributed by atoms with Crippen LogP contribution in [0.3, 0.4) is 0 Å². The van der Waals surface area contributed by atoms with Crippen LogP contribution < -0.4 is 10.5 Å². The smallest absolute Gasteiger partial charge is 0.130 e. The molecule has 19 heavy (non-hydrogen) atoms. The van der Waals surface area contributed by atoms with Crippen LogP contribution in [0.4, 0.5) is 0 Å². The van der Waals surface area contributed by atoms with E-state index in [9.17, 15) is 0 Å². The topological polar surface area (TPSA) is 44.5 Å². The number of hydrogen-bond donors (Lipinski definition) is 1. The van der Waals surface area contributed by atoms with Crippen molar-refractivity contribution in [1.82, 2.24) is 0 Å². The van der Waals surface area contributed by atoms with Gasteiger partial charge in [-0.2, -0.15) is 0 Å². The summed E-state index contributed by atoms with van der Waals surface area (Å²) in [5, 5.41) is 0. The Hall–Kier alpha value is -1.06. The largest absolute Gasteiger partial charge is 0.487 e. The van der Waals surface area contributed by atoms with Crippen LogP contribution in [0.2, 0.25) is 0 Å². The fourth-order valence-corrected chi connectivity index (χ4v) is 2.71. The van der Waals surface area contributed by atoms with Crippen LogP contribution >= 0.6 is 0 Å². The van der Waals surface area contributed by atoms with Crippen LogP contribution in [0, 0.1) is 0 Å². The summed E-state index contributed by atoms with van der Waals surface area (Å²) in [5.41, 5.74) is 6.58. The molecule has 0 radical (unpaired) electrons. The van der Waals surface area contributed by atoms with Crippen molar-refractivity contribution in [3.63, 3.8) is 0 Å². The first-order valence-electron chi connectivity index (χ1n) is 6.92. The normalized spacial score (nSPS) is 26.1. The maximum Gasteiger partial charge on any atom is 0.130 e. The minimum atomic E-state index is -0.261. The van der Waals surface area contributed by atoms with Crippen molar-refractivity contribution in [2.45, 2.75) is 64.4 Å². The first kappa shape index (κ1) is 14.4. The Bertz CT molecular complexity index is 435. The van der Waals surface area contributed by atoms with E-state index in [1.54, 1.807) is 0 Å². The third-order valence-electron chi connectivity index (χ3n) is 3.68. The van der Waals surface area contributed by atoms with Crippen LogP contribution in [0.5, 0.6) is 5.75 Å². The number of benzene rings is 1. The van der Waals surface area contributed by atoms with Gasteiger partial charge in [0.05, 0.1) is 5.60 Å². The first-order valence-corrected chi connectivity index (χ1v) is 6.92. The van der Waals surface area contributed by atoms with E-state index in [0.717, 1.165) is 17.7 Å². The van der Waals surface area contributed by atoms with Gasteiger partial charge in [-0.05, 0) is 52.3 Å². The van der Waals surface area contributed by atoms with E-state index in [1.165, 1.54) is 0 Å². The van der Waals surface area contributed by atoms with E-state index < -0.39 is 0 Å². The molecule has 1 heterocycles. The van der Waals surface area contributed by atoms with Gasteiger partial charge >= 0.3 is 0 Å². The van der Waals surface area contributed by atoms with Gasteiger partial charge in [0.25, 0.3) is 0 Å². The first-order chi connectivity index (χ1) is 8.70. The van der Waals surface area contributed by atoms with Gasteiger partial charge in [-0.3, -0.25) is 0 Å². The summed E-state index contributed by atoms with van der Waals surface area (Å²) in [6.45, 7) is 10.4. The molecule has 0 amide bonds. The number of hydrogen-bond acceptors (Lipinski definition) is 3. The fraction of sp³-hybridized carbons (Fsp3) is 0.625.